The van der Waals surface area contributed by atoms with Crippen LogP contribution in [-0.2, 0) is 6.54 Å². The SMILES string of the molecule is CCn1nc(C)c(N)c1C(=O)Nc1nc(C)cc(OC)n1. The van der Waals surface area contributed by atoms with Gasteiger partial charge in [-0.3, -0.25) is 14.8 Å². The van der Waals surface area contributed by atoms with Crippen molar-refractivity contribution in [2.75, 3.05) is 18.2 Å². The molecule has 0 radical (unpaired) electrons. The van der Waals surface area contributed by atoms with E-state index in [1.807, 2.05) is 6.92 Å². The highest BCUT2D eigenvalue weighted by Gasteiger charge is 2.20. The Kier molecular flexibility index (Phi) is 4.06. The molecule has 0 aliphatic heterocycles. The number of rotatable bonds is 4. The quantitative estimate of drug-likeness (QED) is 0.874. The Labute approximate surface area is 122 Å². The van der Waals surface area contributed by atoms with E-state index >= 15 is 0 Å². The monoisotopic (exact) mass is 290 g/mol. The largest absolute Gasteiger partial charge is 0.481 e. The Morgan fingerprint density at radius 3 is 2.76 bits per heavy atom. The van der Waals surface area contributed by atoms with Gasteiger partial charge >= 0.3 is 0 Å². The standard InChI is InChI=1S/C13H18N6O2/c1-5-19-11(10(14)8(3)18-19)12(20)17-13-15-7(2)6-9(16-13)21-4/h6H,5,14H2,1-4H3,(H,15,16,17,20). The summed E-state index contributed by atoms with van der Waals surface area (Å²) in [4.78, 5) is 20.6. The van der Waals surface area contributed by atoms with Gasteiger partial charge in [0.15, 0.2) is 0 Å². The van der Waals surface area contributed by atoms with Gasteiger partial charge in [-0.2, -0.15) is 10.1 Å². The van der Waals surface area contributed by atoms with Crippen molar-refractivity contribution in [3.63, 3.8) is 0 Å². The molecule has 112 valence electrons. The van der Waals surface area contributed by atoms with Gasteiger partial charge in [0.25, 0.3) is 5.91 Å². The van der Waals surface area contributed by atoms with Gasteiger partial charge in [0.05, 0.1) is 18.5 Å². The third kappa shape index (κ3) is 2.93. The number of aromatic nitrogens is 4. The number of anilines is 2. The van der Waals surface area contributed by atoms with Gasteiger partial charge in [-0.15, -0.1) is 0 Å². The summed E-state index contributed by atoms with van der Waals surface area (Å²) in [7, 11) is 1.50. The second kappa shape index (κ2) is 5.78. The number of nitrogens with two attached hydrogens (primary N) is 1. The van der Waals surface area contributed by atoms with E-state index in [4.69, 9.17) is 10.5 Å². The van der Waals surface area contributed by atoms with Gasteiger partial charge in [0, 0.05) is 18.3 Å². The number of carbonyl (C=O) groups excluding carboxylic acids is 1. The Hall–Kier alpha value is -2.64. The molecule has 21 heavy (non-hydrogen) atoms. The van der Waals surface area contributed by atoms with Crippen LogP contribution < -0.4 is 15.8 Å². The highest BCUT2D eigenvalue weighted by molar-refractivity contribution is 6.06. The second-order valence-corrected chi connectivity index (χ2v) is 4.49. The average Bonchev–Trinajstić information content (AvgIpc) is 2.73. The first-order chi connectivity index (χ1) is 9.96. The lowest BCUT2D eigenvalue weighted by Crippen LogP contribution is -2.20. The van der Waals surface area contributed by atoms with Crippen LogP contribution in [0.2, 0.25) is 0 Å². The molecule has 8 heteroatoms. The maximum absolute atomic E-state index is 12.4. The van der Waals surface area contributed by atoms with Crippen LogP contribution >= 0.6 is 0 Å². The second-order valence-electron chi connectivity index (χ2n) is 4.49. The predicted molar refractivity (Wildman–Crippen MR) is 78.3 cm³/mol. The molecule has 3 N–H and O–H groups in total. The number of nitrogens with one attached hydrogen (secondary N) is 1. The number of nitrogen functional groups attached to an aromatic ring is 1. The van der Waals surface area contributed by atoms with E-state index in [0.29, 0.717) is 35.2 Å². The first-order valence-corrected chi connectivity index (χ1v) is 6.50. The first-order valence-electron chi connectivity index (χ1n) is 6.50. The summed E-state index contributed by atoms with van der Waals surface area (Å²) in [5, 5.41) is 6.83. The minimum atomic E-state index is -0.400. The number of amides is 1. The zero-order chi connectivity index (χ0) is 15.6. The lowest BCUT2D eigenvalue weighted by molar-refractivity contribution is 0.101. The molecule has 1 amide bonds. The first kappa shape index (κ1) is 14.8. The van der Waals surface area contributed by atoms with Crippen LogP contribution in [0.25, 0.3) is 0 Å². The molecule has 2 rings (SSSR count). The molecule has 0 bridgehead atoms. The number of carbonyl (C=O) groups is 1. The molecule has 0 atom stereocenters. The fourth-order valence-electron chi connectivity index (χ4n) is 1.92. The van der Waals surface area contributed by atoms with Crippen molar-refractivity contribution >= 4 is 17.5 Å². The lowest BCUT2D eigenvalue weighted by atomic mass is 10.3. The zero-order valence-electron chi connectivity index (χ0n) is 12.5. The van der Waals surface area contributed by atoms with Gasteiger partial charge in [-0.25, -0.2) is 4.98 Å². The van der Waals surface area contributed by atoms with Crippen molar-refractivity contribution in [3.8, 4) is 5.88 Å². The van der Waals surface area contributed by atoms with Crippen LogP contribution in [0.15, 0.2) is 6.07 Å². The smallest absolute Gasteiger partial charge is 0.278 e. The van der Waals surface area contributed by atoms with E-state index < -0.39 is 5.91 Å². The number of hydrogen-bond donors (Lipinski definition) is 2. The Bertz CT molecular complexity index is 680. The molecule has 0 spiro atoms. The highest BCUT2D eigenvalue weighted by atomic mass is 16.5. The summed E-state index contributed by atoms with van der Waals surface area (Å²) in [6, 6.07) is 1.67. The predicted octanol–water partition coefficient (Wildman–Crippen LogP) is 1.15. The highest BCUT2D eigenvalue weighted by Crippen LogP contribution is 2.18. The summed E-state index contributed by atoms with van der Waals surface area (Å²) in [5.74, 6) is 0.145. The third-order valence-electron chi connectivity index (χ3n) is 2.95. The number of hydrogen-bond acceptors (Lipinski definition) is 6. The maximum atomic E-state index is 12.4. The van der Waals surface area contributed by atoms with E-state index in [1.165, 1.54) is 7.11 Å². The number of aryl methyl sites for hydroxylation is 3. The van der Waals surface area contributed by atoms with E-state index in [0.717, 1.165) is 0 Å². The normalized spacial score (nSPS) is 10.5. The van der Waals surface area contributed by atoms with Crippen LogP contribution in [-0.4, -0.2) is 32.8 Å². The number of ether oxygens (including phenoxy) is 1. The van der Waals surface area contributed by atoms with Crippen LogP contribution in [0.4, 0.5) is 11.6 Å². The van der Waals surface area contributed by atoms with E-state index in [-0.39, 0.29) is 5.95 Å². The summed E-state index contributed by atoms with van der Waals surface area (Å²) >= 11 is 0. The molecule has 0 fully saturated rings. The van der Waals surface area contributed by atoms with Gasteiger partial charge in [-0.05, 0) is 20.8 Å². The van der Waals surface area contributed by atoms with E-state index in [9.17, 15) is 4.79 Å². The molecule has 8 nitrogen and oxygen atoms in total. The topological polar surface area (TPSA) is 108 Å². The molecule has 2 aromatic rings. The summed E-state index contributed by atoms with van der Waals surface area (Å²) in [5.41, 5.74) is 7.87. The van der Waals surface area contributed by atoms with Crippen molar-refractivity contribution in [2.45, 2.75) is 27.3 Å². The molecular formula is C13H18N6O2. The van der Waals surface area contributed by atoms with Crippen LogP contribution in [0, 0.1) is 13.8 Å². The number of methoxy groups -OCH3 is 1. The molecule has 2 heterocycles. The zero-order valence-corrected chi connectivity index (χ0v) is 12.5. The van der Waals surface area contributed by atoms with Crippen molar-refractivity contribution in [3.05, 3.63) is 23.1 Å². The van der Waals surface area contributed by atoms with Crippen molar-refractivity contribution in [1.82, 2.24) is 19.7 Å². The summed E-state index contributed by atoms with van der Waals surface area (Å²) < 4.78 is 6.60. The molecule has 0 aromatic carbocycles. The Morgan fingerprint density at radius 2 is 2.14 bits per heavy atom. The fourth-order valence-corrected chi connectivity index (χ4v) is 1.92. The maximum Gasteiger partial charge on any atom is 0.278 e. The fraction of sp³-hybridized carbons (Fsp3) is 0.385. The molecule has 0 saturated carbocycles. The van der Waals surface area contributed by atoms with Gasteiger partial charge in [0.1, 0.15) is 5.69 Å². The molecular weight excluding hydrogens is 272 g/mol. The van der Waals surface area contributed by atoms with Crippen molar-refractivity contribution in [1.29, 1.82) is 0 Å². The van der Waals surface area contributed by atoms with E-state index in [2.05, 4.69) is 20.4 Å². The summed E-state index contributed by atoms with van der Waals surface area (Å²) in [6.07, 6.45) is 0. The molecule has 0 aliphatic rings. The molecule has 0 aliphatic carbocycles. The molecule has 0 unspecified atom stereocenters. The Balaban J connectivity index is 2.32. The van der Waals surface area contributed by atoms with Crippen LogP contribution in [0.5, 0.6) is 5.88 Å². The molecule has 2 aromatic heterocycles. The minimum absolute atomic E-state index is 0.165. The van der Waals surface area contributed by atoms with Gasteiger partial charge < -0.3 is 10.5 Å². The van der Waals surface area contributed by atoms with Crippen LogP contribution in [0.3, 0.4) is 0 Å². The third-order valence-corrected chi connectivity index (χ3v) is 2.95. The number of nitrogens with zero attached hydrogens (tertiary/aromatic N) is 4. The van der Waals surface area contributed by atoms with Crippen molar-refractivity contribution in [2.24, 2.45) is 0 Å². The van der Waals surface area contributed by atoms with Crippen molar-refractivity contribution < 1.29 is 9.53 Å². The van der Waals surface area contributed by atoms with E-state index in [1.54, 1.807) is 24.6 Å². The summed E-state index contributed by atoms with van der Waals surface area (Å²) in [6.45, 7) is 5.97. The van der Waals surface area contributed by atoms with Crippen LogP contribution in [0.1, 0.15) is 28.8 Å². The molecule has 0 saturated heterocycles. The minimum Gasteiger partial charge on any atom is -0.481 e. The average molecular weight is 290 g/mol. The van der Waals surface area contributed by atoms with Gasteiger partial charge in [-0.1, -0.05) is 0 Å². The Morgan fingerprint density at radius 1 is 1.43 bits per heavy atom. The lowest BCUT2D eigenvalue weighted by Gasteiger charge is -2.08. The van der Waals surface area contributed by atoms with Gasteiger partial charge in [0.2, 0.25) is 11.8 Å².